The smallest absolute Gasteiger partial charge is 0.207 e. The summed E-state index contributed by atoms with van der Waals surface area (Å²) in [6.45, 7) is 2.63. The second-order valence-electron chi connectivity index (χ2n) is 3.70. The van der Waals surface area contributed by atoms with E-state index in [1.54, 1.807) is 18.2 Å². The number of pyridine rings is 1. The van der Waals surface area contributed by atoms with Crippen LogP contribution in [0.4, 0.5) is 0 Å². The third kappa shape index (κ3) is 2.13. The van der Waals surface area contributed by atoms with E-state index in [0.717, 1.165) is 6.42 Å². The molecule has 0 radical (unpaired) electrons. The molecular weight excluding hydrogens is 216 g/mol. The average molecular weight is 228 g/mol. The van der Waals surface area contributed by atoms with Crippen LogP contribution in [0.5, 0.6) is 5.75 Å². The molecule has 1 N–H and O–H groups in total. The van der Waals surface area contributed by atoms with Crippen LogP contribution in [0.2, 0.25) is 0 Å². The van der Waals surface area contributed by atoms with Crippen molar-refractivity contribution in [1.29, 1.82) is 5.26 Å². The van der Waals surface area contributed by atoms with Crippen LogP contribution in [-0.4, -0.2) is 11.6 Å². The van der Waals surface area contributed by atoms with Gasteiger partial charge in [-0.05, 0) is 24.6 Å². The van der Waals surface area contributed by atoms with E-state index >= 15 is 0 Å². The van der Waals surface area contributed by atoms with Gasteiger partial charge in [-0.2, -0.15) is 5.26 Å². The predicted octanol–water partition coefficient (Wildman–Crippen LogP) is 2.19. The Labute approximate surface area is 98.5 Å². The number of fused-ring (bicyclic) bond motifs is 1. The molecule has 1 aromatic carbocycles. The van der Waals surface area contributed by atoms with E-state index in [0.29, 0.717) is 23.3 Å². The molecule has 0 aliphatic heterocycles. The molecule has 86 valence electrons. The van der Waals surface area contributed by atoms with Crippen molar-refractivity contribution in [3.05, 3.63) is 40.2 Å². The third-order valence-electron chi connectivity index (χ3n) is 2.45. The fourth-order valence-corrected chi connectivity index (χ4v) is 1.59. The Morgan fingerprint density at radius 2 is 2.29 bits per heavy atom. The maximum Gasteiger partial charge on any atom is 0.207 e. The van der Waals surface area contributed by atoms with Gasteiger partial charge in [-0.15, -0.1) is 0 Å². The van der Waals surface area contributed by atoms with Crippen molar-refractivity contribution in [3.63, 3.8) is 0 Å². The maximum absolute atomic E-state index is 11.9. The molecule has 0 saturated heterocycles. The molecule has 0 fully saturated rings. The summed E-state index contributed by atoms with van der Waals surface area (Å²) in [5.74, 6) is 0.653. The topological polar surface area (TPSA) is 65.9 Å². The van der Waals surface area contributed by atoms with Crippen LogP contribution in [0.3, 0.4) is 0 Å². The van der Waals surface area contributed by atoms with Crippen molar-refractivity contribution in [3.8, 4) is 11.8 Å². The minimum atomic E-state index is -0.261. The number of aromatic nitrogens is 1. The summed E-state index contributed by atoms with van der Waals surface area (Å²) in [5.41, 5.74) is 0.561. The number of H-pyrrole nitrogens is 1. The molecule has 2 aromatic rings. The Balaban J connectivity index is 2.55. The van der Waals surface area contributed by atoms with E-state index in [9.17, 15) is 4.79 Å². The fraction of sp³-hybridized carbons (Fsp3) is 0.231. The van der Waals surface area contributed by atoms with Gasteiger partial charge in [0.1, 0.15) is 17.4 Å². The van der Waals surface area contributed by atoms with Crippen molar-refractivity contribution < 1.29 is 4.74 Å². The standard InChI is InChI=1S/C13H12N2O2/c1-2-5-17-10-3-4-12-11(6-10)13(16)9(7-14)8-15-12/h3-4,6,8H,2,5H2,1H3,(H,15,16). The number of nitrogens with zero attached hydrogens (tertiary/aromatic N) is 1. The van der Waals surface area contributed by atoms with Gasteiger partial charge < -0.3 is 9.72 Å². The molecule has 4 nitrogen and oxygen atoms in total. The number of hydrogen-bond acceptors (Lipinski definition) is 3. The highest BCUT2D eigenvalue weighted by molar-refractivity contribution is 5.80. The van der Waals surface area contributed by atoms with Gasteiger partial charge in [0.25, 0.3) is 0 Å². The molecule has 0 amide bonds. The number of aromatic amines is 1. The number of nitrogens with one attached hydrogen (secondary N) is 1. The van der Waals surface area contributed by atoms with Gasteiger partial charge >= 0.3 is 0 Å². The SMILES string of the molecule is CCCOc1ccc2[nH]cc(C#N)c(=O)c2c1. The molecule has 0 aliphatic rings. The van der Waals surface area contributed by atoms with Gasteiger partial charge in [0, 0.05) is 11.7 Å². The quantitative estimate of drug-likeness (QED) is 0.875. The second-order valence-corrected chi connectivity index (χ2v) is 3.70. The van der Waals surface area contributed by atoms with Crippen LogP contribution in [0, 0.1) is 11.3 Å². The maximum atomic E-state index is 11.9. The van der Waals surface area contributed by atoms with E-state index in [1.165, 1.54) is 6.20 Å². The first-order valence-electron chi connectivity index (χ1n) is 5.44. The zero-order valence-corrected chi connectivity index (χ0v) is 9.49. The number of nitriles is 1. The zero-order chi connectivity index (χ0) is 12.3. The highest BCUT2D eigenvalue weighted by Gasteiger charge is 2.05. The van der Waals surface area contributed by atoms with Crippen molar-refractivity contribution in [1.82, 2.24) is 4.98 Å². The first-order chi connectivity index (χ1) is 8.26. The first kappa shape index (κ1) is 11.2. The molecule has 4 heteroatoms. The molecular formula is C13H12N2O2. The lowest BCUT2D eigenvalue weighted by Gasteiger charge is -2.05. The Hall–Kier alpha value is -2.28. The molecule has 0 aliphatic carbocycles. The van der Waals surface area contributed by atoms with Crippen molar-refractivity contribution in [2.24, 2.45) is 0 Å². The van der Waals surface area contributed by atoms with Gasteiger partial charge in [0.2, 0.25) is 5.43 Å². The molecule has 17 heavy (non-hydrogen) atoms. The minimum Gasteiger partial charge on any atom is -0.494 e. The molecule has 1 aromatic heterocycles. The monoisotopic (exact) mass is 228 g/mol. The van der Waals surface area contributed by atoms with E-state index in [2.05, 4.69) is 4.98 Å². The molecule has 2 rings (SSSR count). The summed E-state index contributed by atoms with van der Waals surface area (Å²) < 4.78 is 5.46. The van der Waals surface area contributed by atoms with Crippen LogP contribution in [0.15, 0.2) is 29.2 Å². The molecule has 0 spiro atoms. The lowest BCUT2D eigenvalue weighted by Crippen LogP contribution is -2.07. The number of hydrogen-bond donors (Lipinski definition) is 1. The Morgan fingerprint density at radius 1 is 1.47 bits per heavy atom. The van der Waals surface area contributed by atoms with Crippen LogP contribution < -0.4 is 10.2 Å². The summed E-state index contributed by atoms with van der Waals surface area (Å²) >= 11 is 0. The minimum absolute atomic E-state index is 0.116. The van der Waals surface area contributed by atoms with Crippen LogP contribution >= 0.6 is 0 Å². The average Bonchev–Trinajstić information content (AvgIpc) is 2.37. The van der Waals surface area contributed by atoms with E-state index in [1.807, 2.05) is 13.0 Å². The first-order valence-corrected chi connectivity index (χ1v) is 5.44. The van der Waals surface area contributed by atoms with Gasteiger partial charge in [-0.25, -0.2) is 0 Å². The Morgan fingerprint density at radius 3 is 3.00 bits per heavy atom. The van der Waals surface area contributed by atoms with Crippen LogP contribution in [-0.2, 0) is 0 Å². The largest absolute Gasteiger partial charge is 0.494 e. The number of rotatable bonds is 3. The van der Waals surface area contributed by atoms with Gasteiger partial charge in [0.05, 0.1) is 12.0 Å². The van der Waals surface area contributed by atoms with E-state index in [-0.39, 0.29) is 11.0 Å². The van der Waals surface area contributed by atoms with E-state index < -0.39 is 0 Å². The molecule has 0 unspecified atom stereocenters. The Kier molecular flexibility index (Phi) is 3.10. The molecule has 0 atom stereocenters. The molecule has 1 heterocycles. The highest BCUT2D eigenvalue weighted by atomic mass is 16.5. The highest BCUT2D eigenvalue weighted by Crippen LogP contribution is 2.17. The third-order valence-corrected chi connectivity index (χ3v) is 2.45. The van der Waals surface area contributed by atoms with Crippen molar-refractivity contribution >= 4 is 10.9 Å². The van der Waals surface area contributed by atoms with E-state index in [4.69, 9.17) is 10.00 Å². The van der Waals surface area contributed by atoms with Gasteiger partial charge in [-0.1, -0.05) is 6.92 Å². The lowest BCUT2D eigenvalue weighted by molar-refractivity contribution is 0.318. The summed E-state index contributed by atoms with van der Waals surface area (Å²) in [6.07, 6.45) is 2.34. The molecule has 0 bridgehead atoms. The van der Waals surface area contributed by atoms with Crippen LogP contribution in [0.25, 0.3) is 10.9 Å². The predicted molar refractivity (Wildman–Crippen MR) is 65.1 cm³/mol. The lowest BCUT2D eigenvalue weighted by atomic mass is 10.1. The Bertz CT molecular complexity index is 638. The van der Waals surface area contributed by atoms with Gasteiger partial charge in [-0.3, -0.25) is 4.79 Å². The normalized spacial score (nSPS) is 10.1. The second kappa shape index (κ2) is 4.71. The van der Waals surface area contributed by atoms with Crippen molar-refractivity contribution in [2.75, 3.05) is 6.61 Å². The zero-order valence-electron chi connectivity index (χ0n) is 9.49. The summed E-state index contributed by atoms with van der Waals surface area (Å²) in [4.78, 5) is 14.8. The summed E-state index contributed by atoms with van der Waals surface area (Å²) in [7, 11) is 0. The van der Waals surface area contributed by atoms with Crippen molar-refractivity contribution in [2.45, 2.75) is 13.3 Å². The summed E-state index contributed by atoms with van der Waals surface area (Å²) in [5, 5.41) is 9.27. The molecule has 0 saturated carbocycles. The summed E-state index contributed by atoms with van der Waals surface area (Å²) in [6, 6.07) is 7.12. The van der Waals surface area contributed by atoms with Crippen LogP contribution in [0.1, 0.15) is 18.9 Å². The fourth-order valence-electron chi connectivity index (χ4n) is 1.59. The number of ether oxygens (including phenoxy) is 1. The number of benzene rings is 1. The van der Waals surface area contributed by atoms with Gasteiger partial charge in [0.15, 0.2) is 0 Å².